The van der Waals surface area contributed by atoms with Gasteiger partial charge in [-0.3, -0.25) is 18.6 Å². The molecule has 0 heterocycles. The zero-order chi connectivity index (χ0) is 33.4. The van der Waals surface area contributed by atoms with Crippen molar-refractivity contribution in [2.75, 3.05) is 26.4 Å². The van der Waals surface area contributed by atoms with Crippen molar-refractivity contribution in [2.24, 2.45) is 5.73 Å². The van der Waals surface area contributed by atoms with Crippen LogP contribution in [0.1, 0.15) is 104 Å². The van der Waals surface area contributed by atoms with Crippen LogP contribution in [0.3, 0.4) is 0 Å². The van der Waals surface area contributed by atoms with E-state index in [1.165, 1.54) is 32.1 Å². The lowest BCUT2D eigenvalue weighted by atomic mass is 10.1. The van der Waals surface area contributed by atoms with Crippen molar-refractivity contribution in [3.8, 4) is 0 Å². The van der Waals surface area contributed by atoms with E-state index in [4.69, 9.17) is 24.8 Å². The molecule has 0 amide bonds. The van der Waals surface area contributed by atoms with E-state index in [0.717, 1.165) is 44.9 Å². The summed E-state index contributed by atoms with van der Waals surface area (Å²) in [5.41, 5.74) is 5.30. The largest absolute Gasteiger partial charge is 0.480 e. The van der Waals surface area contributed by atoms with Gasteiger partial charge in [0.05, 0.1) is 26.2 Å². The molecule has 0 aromatic heterocycles. The predicted molar refractivity (Wildman–Crippen MR) is 180 cm³/mol. The number of phosphoric ester groups is 1. The first kappa shape index (κ1) is 42.7. The Bertz CT molecular complexity index is 946. The Morgan fingerprint density at radius 2 is 1.20 bits per heavy atom. The second kappa shape index (κ2) is 30.3. The van der Waals surface area contributed by atoms with Gasteiger partial charge in [-0.05, 0) is 38.5 Å². The van der Waals surface area contributed by atoms with Crippen LogP contribution in [0.15, 0.2) is 60.8 Å². The number of carboxylic acid groups (broad SMARTS) is 1. The molecule has 0 fully saturated rings. The van der Waals surface area contributed by atoms with Crippen LogP contribution >= 0.6 is 7.82 Å². The second-order valence-corrected chi connectivity index (χ2v) is 12.0. The molecule has 3 atom stereocenters. The quantitative estimate of drug-likeness (QED) is 0.0303. The first-order valence-corrected chi connectivity index (χ1v) is 17.8. The fourth-order valence-electron chi connectivity index (χ4n) is 3.79. The van der Waals surface area contributed by atoms with E-state index in [2.05, 4.69) is 60.9 Å². The Labute approximate surface area is 271 Å². The number of unbranched alkanes of at least 4 members (excludes halogenated alkanes) is 7. The van der Waals surface area contributed by atoms with Gasteiger partial charge in [-0.15, -0.1) is 0 Å². The Morgan fingerprint density at radius 3 is 1.73 bits per heavy atom. The molecule has 45 heavy (non-hydrogen) atoms. The summed E-state index contributed by atoms with van der Waals surface area (Å²) in [5, 5.41) is 8.82. The Kier molecular flexibility index (Phi) is 28.8. The van der Waals surface area contributed by atoms with Gasteiger partial charge < -0.3 is 25.2 Å². The molecule has 3 unspecified atom stereocenters. The molecule has 0 aromatic carbocycles. The van der Waals surface area contributed by atoms with Crippen molar-refractivity contribution in [1.29, 1.82) is 0 Å². The number of phosphoric acid groups is 1. The van der Waals surface area contributed by atoms with Crippen LogP contribution in [0.4, 0.5) is 0 Å². The molecule has 0 aliphatic rings. The lowest BCUT2D eigenvalue weighted by molar-refractivity contribution is -0.153. The highest BCUT2D eigenvalue weighted by atomic mass is 31.2. The number of nitrogens with two attached hydrogens (primary N) is 1. The van der Waals surface area contributed by atoms with E-state index in [1.807, 2.05) is 12.2 Å². The summed E-state index contributed by atoms with van der Waals surface area (Å²) in [7, 11) is -4.63. The highest BCUT2D eigenvalue weighted by Crippen LogP contribution is 2.43. The number of esters is 1. The van der Waals surface area contributed by atoms with Crippen molar-refractivity contribution in [2.45, 2.75) is 116 Å². The van der Waals surface area contributed by atoms with Crippen LogP contribution in [0.25, 0.3) is 0 Å². The molecular weight excluding hydrogens is 597 g/mol. The second-order valence-electron chi connectivity index (χ2n) is 10.6. The number of allylic oxidation sites excluding steroid dienone is 9. The standard InChI is InChI=1S/C34H58NO9P/c1-3-5-7-9-11-13-14-15-16-17-18-19-20-22-24-26-33(36)44-31(28-41-27-25-23-21-12-10-8-6-4-2)29-42-45(39,40)43-30-32(35)34(37)38/h5,7,11,13,15-16,18-19,22,24,31-32H,3-4,6,8-10,12,14,17,20-21,23,25-30,35H2,1-2H3,(H,37,38)(H,39,40)/b7-5-,13-11-,16-15-,19-18-,24-22-. The van der Waals surface area contributed by atoms with Gasteiger partial charge in [0.2, 0.25) is 0 Å². The van der Waals surface area contributed by atoms with Gasteiger partial charge in [-0.1, -0.05) is 120 Å². The summed E-state index contributed by atoms with van der Waals surface area (Å²) >= 11 is 0. The Balaban J connectivity index is 4.55. The number of rotatable bonds is 30. The summed E-state index contributed by atoms with van der Waals surface area (Å²) in [6.45, 7) is 3.56. The monoisotopic (exact) mass is 655 g/mol. The maximum atomic E-state index is 12.4. The summed E-state index contributed by atoms with van der Waals surface area (Å²) in [4.78, 5) is 33.1. The molecule has 0 saturated heterocycles. The van der Waals surface area contributed by atoms with Crippen LogP contribution in [-0.4, -0.2) is 60.5 Å². The third kappa shape index (κ3) is 30.1. The van der Waals surface area contributed by atoms with Crippen LogP contribution < -0.4 is 5.73 Å². The molecule has 0 saturated carbocycles. The molecule has 10 nitrogen and oxygen atoms in total. The van der Waals surface area contributed by atoms with E-state index >= 15 is 0 Å². The molecule has 0 aliphatic heterocycles. The molecule has 0 radical (unpaired) electrons. The Morgan fingerprint density at radius 1 is 0.711 bits per heavy atom. The van der Waals surface area contributed by atoms with E-state index in [1.54, 1.807) is 6.08 Å². The van der Waals surface area contributed by atoms with E-state index < -0.39 is 45.1 Å². The van der Waals surface area contributed by atoms with Crippen molar-refractivity contribution >= 4 is 19.8 Å². The van der Waals surface area contributed by atoms with E-state index in [9.17, 15) is 19.0 Å². The van der Waals surface area contributed by atoms with Gasteiger partial charge in [0, 0.05) is 6.61 Å². The molecule has 0 aromatic rings. The average Bonchev–Trinajstić information content (AvgIpc) is 3.01. The number of hydrogen-bond acceptors (Lipinski definition) is 8. The van der Waals surface area contributed by atoms with Gasteiger partial charge >= 0.3 is 19.8 Å². The number of hydrogen-bond donors (Lipinski definition) is 3. The minimum Gasteiger partial charge on any atom is -0.480 e. The van der Waals surface area contributed by atoms with Crippen LogP contribution in [0, 0.1) is 0 Å². The van der Waals surface area contributed by atoms with Crippen LogP contribution in [0.2, 0.25) is 0 Å². The van der Waals surface area contributed by atoms with Crippen molar-refractivity contribution in [3.05, 3.63) is 60.8 Å². The topological polar surface area (TPSA) is 155 Å². The molecule has 0 spiro atoms. The number of ether oxygens (including phenoxy) is 2. The smallest absolute Gasteiger partial charge is 0.472 e. The lowest BCUT2D eigenvalue weighted by Gasteiger charge is -2.20. The molecule has 0 bridgehead atoms. The highest BCUT2D eigenvalue weighted by molar-refractivity contribution is 7.47. The maximum absolute atomic E-state index is 12.4. The van der Waals surface area contributed by atoms with Crippen molar-refractivity contribution in [1.82, 2.24) is 0 Å². The predicted octanol–water partition coefficient (Wildman–Crippen LogP) is 7.74. The number of carbonyl (C=O) groups is 2. The minimum atomic E-state index is -4.63. The first-order chi connectivity index (χ1) is 21.7. The minimum absolute atomic E-state index is 0.0167. The molecule has 258 valence electrons. The summed E-state index contributed by atoms with van der Waals surface area (Å²) in [5.74, 6) is -1.92. The van der Waals surface area contributed by atoms with Gasteiger partial charge in [0.1, 0.15) is 12.1 Å². The highest BCUT2D eigenvalue weighted by Gasteiger charge is 2.27. The third-order valence-corrected chi connectivity index (χ3v) is 7.30. The normalized spacial score (nSPS) is 15.1. The van der Waals surface area contributed by atoms with Gasteiger partial charge in [0.15, 0.2) is 0 Å². The fourth-order valence-corrected chi connectivity index (χ4v) is 4.57. The molecule has 4 N–H and O–H groups in total. The van der Waals surface area contributed by atoms with E-state index in [-0.39, 0.29) is 13.0 Å². The van der Waals surface area contributed by atoms with Crippen LogP contribution in [-0.2, 0) is 32.7 Å². The first-order valence-electron chi connectivity index (χ1n) is 16.3. The zero-order valence-electron chi connectivity index (χ0n) is 27.4. The van der Waals surface area contributed by atoms with Crippen LogP contribution in [0.5, 0.6) is 0 Å². The Hall–Kier alpha value is -2.33. The maximum Gasteiger partial charge on any atom is 0.472 e. The fraction of sp³-hybridized carbons (Fsp3) is 0.647. The van der Waals surface area contributed by atoms with Gasteiger partial charge in [-0.25, -0.2) is 4.57 Å². The number of aliphatic carboxylic acids is 1. The van der Waals surface area contributed by atoms with Gasteiger partial charge in [-0.2, -0.15) is 0 Å². The van der Waals surface area contributed by atoms with Crippen molar-refractivity contribution < 1.29 is 42.7 Å². The SMILES string of the molecule is CC/C=C\C/C=C\C/C=C\C/C=C\C/C=C\CC(=O)OC(COCCCCCCCCCC)COP(=O)(O)OCC(N)C(=O)O. The molecular formula is C34H58NO9P. The van der Waals surface area contributed by atoms with E-state index in [0.29, 0.717) is 13.0 Å². The summed E-state index contributed by atoms with van der Waals surface area (Å²) in [6, 6.07) is -1.49. The zero-order valence-corrected chi connectivity index (χ0v) is 28.3. The molecule has 0 rings (SSSR count). The molecule has 11 heteroatoms. The number of carboxylic acids is 1. The molecule has 0 aliphatic carbocycles. The lowest BCUT2D eigenvalue weighted by Crippen LogP contribution is -2.34. The van der Waals surface area contributed by atoms with Gasteiger partial charge in [0.25, 0.3) is 0 Å². The summed E-state index contributed by atoms with van der Waals surface area (Å²) < 4.78 is 32.8. The number of carbonyl (C=O) groups excluding carboxylic acids is 1. The third-order valence-electron chi connectivity index (χ3n) is 6.34. The van der Waals surface area contributed by atoms with Crippen molar-refractivity contribution in [3.63, 3.8) is 0 Å². The average molecular weight is 656 g/mol. The summed E-state index contributed by atoms with van der Waals surface area (Å²) in [6.07, 6.45) is 33.2.